The second kappa shape index (κ2) is 5.09. The third kappa shape index (κ3) is 3.02. The van der Waals surface area contributed by atoms with Crippen LogP contribution < -0.4 is 0 Å². The van der Waals surface area contributed by atoms with Crippen molar-refractivity contribution in [2.45, 2.75) is 6.92 Å². The zero-order valence-corrected chi connectivity index (χ0v) is 9.47. The number of hydrogen-bond donors (Lipinski definition) is 0. The van der Waals surface area contributed by atoms with E-state index in [-0.39, 0.29) is 0 Å². The normalized spacial score (nSPS) is 9.24. The second-order valence-electron chi connectivity index (χ2n) is 3.71. The van der Waals surface area contributed by atoms with Crippen molar-refractivity contribution in [3.05, 3.63) is 65.0 Å². The van der Waals surface area contributed by atoms with Gasteiger partial charge in [0, 0.05) is 17.3 Å². The van der Waals surface area contributed by atoms with Gasteiger partial charge in [0.2, 0.25) is 0 Å². The topological polar surface area (TPSA) is 30.0 Å². The first kappa shape index (κ1) is 11.1. The van der Waals surface area contributed by atoms with Gasteiger partial charge in [-0.3, -0.25) is 4.79 Å². The van der Waals surface area contributed by atoms with Crippen molar-refractivity contribution in [1.29, 1.82) is 0 Å². The standard InChI is InChI=1S/C15H11NO/c1-12-2-4-13(5-3-12)6-8-15-9-7-14(11-17)10-16-15/h2-5,7,9-11H,1H3. The van der Waals surface area contributed by atoms with Crippen LogP contribution in [0.3, 0.4) is 0 Å². The summed E-state index contributed by atoms with van der Waals surface area (Å²) in [7, 11) is 0. The molecule has 0 aliphatic rings. The molecule has 0 radical (unpaired) electrons. The minimum Gasteiger partial charge on any atom is -0.298 e. The summed E-state index contributed by atoms with van der Waals surface area (Å²) in [4.78, 5) is 14.5. The fourth-order valence-corrected chi connectivity index (χ4v) is 1.32. The Labute approximate surface area is 100 Å². The number of hydrogen-bond acceptors (Lipinski definition) is 2. The van der Waals surface area contributed by atoms with Crippen LogP contribution in [0.2, 0.25) is 0 Å². The van der Waals surface area contributed by atoms with Gasteiger partial charge >= 0.3 is 0 Å². The number of aldehydes is 1. The summed E-state index contributed by atoms with van der Waals surface area (Å²) in [5, 5.41) is 0. The van der Waals surface area contributed by atoms with Crippen LogP contribution in [0.4, 0.5) is 0 Å². The Hall–Kier alpha value is -2.40. The van der Waals surface area contributed by atoms with Crippen molar-refractivity contribution in [3.63, 3.8) is 0 Å². The van der Waals surface area contributed by atoms with Crippen molar-refractivity contribution < 1.29 is 4.79 Å². The maximum atomic E-state index is 10.5. The summed E-state index contributed by atoms with van der Waals surface area (Å²) < 4.78 is 0. The average Bonchev–Trinajstić information content (AvgIpc) is 2.39. The van der Waals surface area contributed by atoms with E-state index in [1.165, 1.54) is 11.8 Å². The van der Waals surface area contributed by atoms with Crippen LogP contribution in [0.25, 0.3) is 0 Å². The van der Waals surface area contributed by atoms with Crippen LogP contribution in [0.5, 0.6) is 0 Å². The van der Waals surface area contributed by atoms with E-state index < -0.39 is 0 Å². The Morgan fingerprint density at radius 2 is 1.82 bits per heavy atom. The Balaban J connectivity index is 2.20. The molecule has 0 spiro atoms. The van der Waals surface area contributed by atoms with Gasteiger partial charge in [0.25, 0.3) is 0 Å². The van der Waals surface area contributed by atoms with Gasteiger partial charge in [-0.15, -0.1) is 0 Å². The molecule has 0 bridgehead atoms. The van der Waals surface area contributed by atoms with Gasteiger partial charge in [0.15, 0.2) is 6.29 Å². The molecule has 0 fully saturated rings. The fourth-order valence-electron chi connectivity index (χ4n) is 1.32. The molecule has 0 saturated heterocycles. The molecule has 1 aromatic carbocycles. The molecule has 1 heterocycles. The molecule has 1 aromatic heterocycles. The summed E-state index contributed by atoms with van der Waals surface area (Å²) in [6.45, 7) is 2.04. The predicted molar refractivity (Wildman–Crippen MR) is 66.8 cm³/mol. The van der Waals surface area contributed by atoms with E-state index >= 15 is 0 Å². The smallest absolute Gasteiger partial charge is 0.151 e. The summed E-state index contributed by atoms with van der Waals surface area (Å²) in [6, 6.07) is 11.4. The second-order valence-corrected chi connectivity index (χ2v) is 3.71. The van der Waals surface area contributed by atoms with Crippen LogP contribution in [-0.2, 0) is 0 Å². The average molecular weight is 221 g/mol. The number of carbonyl (C=O) groups excluding carboxylic acids is 1. The minimum atomic E-state index is 0.561. The molecule has 0 unspecified atom stereocenters. The molecule has 0 atom stereocenters. The van der Waals surface area contributed by atoms with Crippen LogP contribution in [-0.4, -0.2) is 11.3 Å². The quantitative estimate of drug-likeness (QED) is 0.547. The highest BCUT2D eigenvalue weighted by Gasteiger charge is 1.91. The van der Waals surface area contributed by atoms with E-state index in [1.54, 1.807) is 12.1 Å². The number of benzene rings is 1. The monoisotopic (exact) mass is 221 g/mol. The predicted octanol–water partition coefficient (Wildman–Crippen LogP) is 2.60. The van der Waals surface area contributed by atoms with Crippen LogP contribution >= 0.6 is 0 Å². The van der Waals surface area contributed by atoms with Crippen molar-refractivity contribution in [3.8, 4) is 11.8 Å². The van der Waals surface area contributed by atoms with Crippen LogP contribution in [0, 0.1) is 18.8 Å². The lowest BCUT2D eigenvalue weighted by Gasteiger charge is -1.92. The number of aryl methyl sites for hydroxylation is 1. The van der Waals surface area contributed by atoms with E-state index in [2.05, 4.69) is 16.8 Å². The Kier molecular flexibility index (Phi) is 3.32. The number of aromatic nitrogens is 1. The molecule has 82 valence electrons. The Morgan fingerprint density at radius 3 is 2.41 bits per heavy atom. The SMILES string of the molecule is Cc1ccc(C#Cc2ccc(C=O)cn2)cc1. The molecule has 2 heteroatoms. The first-order valence-electron chi connectivity index (χ1n) is 5.28. The van der Waals surface area contributed by atoms with Crippen molar-refractivity contribution in [1.82, 2.24) is 4.98 Å². The minimum absolute atomic E-state index is 0.561. The summed E-state index contributed by atoms with van der Waals surface area (Å²) in [5.74, 6) is 5.98. The largest absolute Gasteiger partial charge is 0.298 e. The molecule has 0 saturated carbocycles. The van der Waals surface area contributed by atoms with Crippen LogP contribution in [0.15, 0.2) is 42.6 Å². The molecule has 0 aliphatic heterocycles. The van der Waals surface area contributed by atoms with Gasteiger partial charge in [-0.2, -0.15) is 0 Å². The zero-order chi connectivity index (χ0) is 12.1. The van der Waals surface area contributed by atoms with Gasteiger partial charge in [-0.25, -0.2) is 4.98 Å². The lowest BCUT2D eigenvalue weighted by molar-refractivity contribution is 0.112. The first-order chi connectivity index (χ1) is 8.28. The van der Waals surface area contributed by atoms with Crippen LogP contribution in [0.1, 0.15) is 27.2 Å². The van der Waals surface area contributed by atoms with Crippen molar-refractivity contribution in [2.24, 2.45) is 0 Å². The number of pyridine rings is 1. The molecular formula is C15H11NO. The first-order valence-corrected chi connectivity index (χ1v) is 5.28. The number of carbonyl (C=O) groups is 1. The molecule has 0 aliphatic carbocycles. The van der Waals surface area contributed by atoms with E-state index in [0.29, 0.717) is 11.3 Å². The van der Waals surface area contributed by atoms with E-state index in [4.69, 9.17) is 0 Å². The zero-order valence-electron chi connectivity index (χ0n) is 9.47. The Bertz CT molecular complexity index is 571. The molecule has 17 heavy (non-hydrogen) atoms. The van der Waals surface area contributed by atoms with Gasteiger partial charge < -0.3 is 0 Å². The fraction of sp³-hybridized carbons (Fsp3) is 0.0667. The van der Waals surface area contributed by atoms with E-state index in [1.807, 2.05) is 31.2 Å². The molecular weight excluding hydrogens is 210 g/mol. The van der Waals surface area contributed by atoms with Gasteiger partial charge in [0.05, 0.1) is 0 Å². The lowest BCUT2D eigenvalue weighted by atomic mass is 10.1. The third-order valence-electron chi connectivity index (χ3n) is 2.31. The van der Waals surface area contributed by atoms with Gasteiger partial charge in [-0.05, 0) is 37.1 Å². The maximum Gasteiger partial charge on any atom is 0.151 e. The molecule has 2 rings (SSSR count). The highest BCUT2D eigenvalue weighted by atomic mass is 16.1. The van der Waals surface area contributed by atoms with Gasteiger partial charge in [-0.1, -0.05) is 23.6 Å². The molecule has 2 aromatic rings. The summed E-state index contributed by atoms with van der Waals surface area (Å²) in [6.07, 6.45) is 2.29. The van der Waals surface area contributed by atoms with Crippen molar-refractivity contribution >= 4 is 6.29 Å². The molecule has 2 nitrogen and oxygen atoms in total. The molecule has 0 amide bonds. The highest BCUT2D eigenvalue weighted by molar-refractivity contribution is 5.74. The number of nitrogens with zero attached hydrogens (tertiary/aromatic N) is 1. The van der Waals surface area contributed by atoms with E-state index in [0.717, 1.165) is 11.8 Å². The van der Waals surface area contributed by atoms with Crippen molar-refractivity contribution in [2.75, 3.05) is 0 Å². The third-order valence-corrected chi connectivity index (χ3v) is 2.31. The lowest BCUT2D eigenvalue weighted by Crippen LogP contribution is -1.85. The van der Waals surface area contributed by atoms with Gasteiger partial charge in [0.1, 0.15) is 5.69 Å². The maximum absolute atomic E-state index is 10.5. The summed E-state index contributed by atoms with van der Waals surface area (Å²) >= 11 is 0. The summed E-state index contributed by atoms with van der Waals surface area (Å²) in [5.41, 5.74) is 3.39. The Morgan fingerprint density at radius 1 is 1.06 bits per heavy atom. The number of rotatable bonds is 1. The highest BCUT2D eigenvalue weighted by Crippen LogP contribution is 2.02. The molecule has 0 N–H and O–H groups in total. The van der Waals surface area contributed by atoms with E-state index in [9.17, 15) is 4.79 Å².